The van der Waals surface area contributed by atoms with Crippen molar-refractivity contribution < 1.29 is 0 Å². The average molecular weight is 569 g/mol. The fraction of sp³-hybridized carbons (Fsp3) is 0.0952. The maximum absolute atomic E-state index is 2.43. The molecule has 0 spiro atoms. The summed E-state index contributed by atoms with van der Waals surface area (Å²) >= 11 is 0. The summed E-state index contributed by atoms with van der Waals surface area (Å²) in [4.78, 5) is 4.62. The van der Waals surface area contributed by atoms with E-state index in [-0.39, 0.29) is 0 Å². The summed E-state index contributed by atoms with van der Waals surface area (Å²) in [7, 11) is 2.11. The Bertz CT molecular complexity index is 1930. The zero-order chi connectivity index (χ0) is 29.9. The second-order valence-corrected chi connectivity index (χ2v) is 11.5. The molecule has 0 saturated heterocycles. The minimum absolute atomic E-state index is 0.981. The molecule has 0 amide bonds. The third-order valence-corrected chi connectivity index (χ3v) is 8.70. The molecule has 5 aromatic rings. The molecule has 0 unspecified atom stereocenters. The molecule has 5 aromatic carbocycles. The molecular weight excluding hydrogens is 532 g/mol. The maximum Gasteiger partial charge on any atom is 0.0525 e. The second-order valence-electron chi connectivity index (χ2n) is 11.5. The first-order valence-corrected chi connectivity index (χ1v) is 15.4. The van der Waals surface area contributed by atoms with Gasteiger partial charge in [-0.3, -0.25) is 0 Å². The van der Waals surface area contributed by atoms with Crippen molar-refractivity contribution in [3.63, 3.8) is 0 Å². The van der Waals surface area contributed by atoms with Crippen LogP contribution in [-0.4, -0.2) is 7.05 Å². The topological polar surface area (TPSA) is 6.48 Å². The van der Waals surface area contributed by atoms with E-state index in [4.69, 9.17) is 0 Å². The van der Waals surface area contributed by atoms with Gasteiger partial charge in [0.2, 0.25) is 0 Å². The van der Waals surface area contributed by atoms with Crippen LogP contribution in [0.5, 0.6) is 0 Å². The molecule has 0 atom stereocenters. The van der Waals surface area contributed by atoms with Crippen LogP contribution in [0.4, 0.5) is 17.1 Å². The second kappa shape index (κ2) is 12.1. The van der Waals surface area contributed by atoms with E-state index in [9.17, 15) is 0 Å². The summed E-state index contributed by atoms with van der Waals surface area (Å²) in [5.74, 6) is 0. The largest absolute Gasteiger partial charge is 0.351 e. The number of hydrogen-bond acceptors (Lipinski definition) is 2. The van der Waals surface area contributed by atoms with Crippen LogP contribution >= 0.6 is 0 Å². The Labute approximate surface area is 260 Å². The van der Waals surface area contributed by atoms with E-state index in [1.54, 1.807) is 0 Å². The molecule has 0 fully saturated rings. The molecule has 1 aliphatic heterocycles. The number of aryl methyl sites for hydroxylation is 1. The number of rotatable bonds is 6. The summed E-state index contributed by atoms with van der Waals surface area (Å²) in [6.07, 6.45) is 15.6. The third-order valence-electron chi connectivity index (χ3n) is 8.70. The van der Waals surface area contributed by atoms with Crippen molar-refractivity contribution in [3.05, 3.63) is 185 Å². The van der Waals surface area contributed by atoms with Crippen molar-refractivity contribution in [2.24, 2.45) is 0 Å². The predicted octanol–water partition coefficient (Wildman–Crippen LogP) is 11.0. The fourth-order valence-corrected chi connectivity index (χ4v) is 6.42. The first-order chi connectivity index (χ1) is 21.7. The first kappa shape index (κ1) is 27.5. The number of anilines is 3. The van der Waals surface area contributed by atoms with Crippen LogP contribution in [0, 0.1) is 6.92 Å². The number of para-hydroxylation sites is 3. The van der Waals surface area contributed by atoms with Gasteiger partial charge in [0, 0.05) is 35.9 Å². The highest BCUT2D eigenvalue weighted by molar-refractivity contribution is 5.93. The molecule has 7 rings (SSSR count). The lowest BCUT2D eigenvalue weighted by Gasteiger charge is -2.28. The van der Waals surface area contributed by atoms with Crippen molar-refractivity contribution in [2.75, 3.05) is 16.8 Å². The molecule has 0 radical (unpaired) electrons. The third kappa shape index (κ3) is 5.31. The van der Waals surface area contributed by atoms with E-state index in [0.29, 0.717) is 0 Å². The lowest BCUT2D eigenvalue weighted by Crippen LogP contribution is -2.17. The van der Waals surface area contributed by atoms with Crippen LogP contribution in [0.1, 0.15) is 29.5 Å². The molecule has 0 bridgehead atoms. The molecule has 0 N–H and O–H groups in total. The fourth-order valence-electron chi connectivity index (χ4n) is 6.42. The summed E-state index contributed by atoms with van der Waals surface area (Å²) in [6.45, 7) is 2.19. The summed E-state index contributed by atoms with van der Waals surface area (Å²) in [5.41, 5.74) is 12.5. The SMILES string of the molecule is Cc1ccc(C=CC2=C(N(c3ccccc3)c3ccccc3)C(=CC=C3C=CN(C)c4ccccc43)CC2)c2ccccc12. The van der Waals surface area contributed by atoms with Crippen LogP contribution in [0.15, 0.2) is 169 Å². The van der Waals surface area contributed by atoms with Crippen LogP contribution in [0.3, 0.4) is 0 Å². The smallest absolute Gasteiger partial charge is 0.0525 e. The zero-order valence-corrected chi connectivity index (χ0v) is 25.3. The highest BCUT2D eigenvalue weighted by Gasteiger charge is 2.26. The van der Waals surface area contributed by atoms with Gasteiger partial charge in [0.25, 0.3) is 0 Å². The molecule has 44 heavy (non-hydrogen) atoms. The van der Waals surface area contributed by atoms with Crippen LogP contribution in [0.2, 0.25) is 0 Å². The zero-order valence-electron chi connectivity index (χ0n) is 25.3. The Kier molecular flexibility index (Phi) is 7.56. The average Bonchev–Trinajstić information content (AvgIpc) is 3.47. The minimum Gasteiger partial charge on any atom is -0.351 e. The number of benzene rings is 5. The van der Waals surface area contributed by atoms with Gasteiger partial charge in [-0.1, -0.05) is 115 Å². The van der Waals surface area contributed by atoms with Gasteiger partial charge in [0.1, 0.15) is 0 Å². The molecule has 2 nitrogen and oxygen atoms in total. The monoisotopic (exact) mass is 568 g/mol. The Morgan fingerprint density at radius 2 is 1.30 bits per heavy atom. The van der Waals surface area contributed by atoms with E-state index in [0.717, 1.165) is 24.2 Å². The van der Waals surface area contributed by atoms with E-state index in [1.165, 1.54) is 55.6 Å². The lowest BCUT2D eigenvalue weighted by molar-refractivity contribution is 1.03. The van der Waals surface area contributed by atoms with E-state index in [1.807, 2.05) is 0 Å². The number of fused-ring (bicyclic) bond motifs is 2. The van der Waals surface area contributed by atoms with Crippen LogP contribution in [0.25, 0.3) is 22.4 Å². The minimum atomic E-state index is 0.981. The summed E-state index contributed by atoms with van der Waals surface area (Å²) < 4.78 is 0. The Morgan fingerprint density at radius 3 is 2.05 bits per heavy atom. The van der Waals surface area contributed by atoms with Gasteiger partial charge < -0.3 is 9.80 Å². The lowest BCUT2D eigenvalue weighted by atomic mass is 9.99. The van der Waals surface area contributed by atoms with Gasteiger partial charge in [-0.2, -0.15) is 0 Å². The molecule has 1 aliphatic carbocycles. The van der Waals surface area contributed by atoms with Gasteiger partial charge in [-0.25, -0.2) is 0 Å². The highest BCUT2D eigenvalue weighted by atomic mass is 15.2. The van der Waals surface area contributed by atoms with E-state index < -0.39 is 0 Å². The van der Waals surface area contributed by atoms with Gasteiger partial charge >= 0.3 is 0 Å². The van der Waals surface area contributed by atoms with E-state index >= 15 is 0 Å². The van der Waals surface area contributed by atoms with Crippen LogP contribution < -0.4 is 9.80 Å². The quantitative estimate of drug-likeness (QED) is 0.201. The normalized spacial score (nSPS) is 16.5. The molecule has 0 saturated carbocycles. The Balaban J connectivity index is 1.39. The van der Waals surface area contributed by atoms with E-state index in [2.05, 4.69) is 182 Å². The molecule has 0 aromatic heterocycles. The summed E-state index contributed by atoms with van der Waals surface area (Å²) in [5, 5.41) is 2.60. The van der Waals surface area contributed by atoms with Crippen molar-refractivity contribution in [1.29, 1.82) is 0 Å². The summed E-state index contributed by atoms with van der Waals surface area (Å²) in [6, 6.07) is 43.3. The predicted molar refractivity (Wildman–Crippen MR) is 189 cm³/mol. The highest BCUT2D eigenvalue weighted by Crippen LogP contribution is 2.42. The molecular formula is C42H36N2. The van der Waals surface area contributed by atoms with Crippen LogP contribution in [-0.2, 0) is 0 Å². The Morgan fingerprint density at radius 1 is 0.636 bits per heavy atom. The number of hydrogen-bond donors (Lipinski definition) is 0. The van der Waals surface area contributed by atoms with Crippen molar-refractivity contribution in [2.45, 2.75) is 19.8 Å². The van der Waals surface area contributed by atoms with Crippen molar-refractivity contribution in [1.82, 2.24) is 0 Å². The van der Waals surface area contributed by atoms with Crippen molar-refractivity contribution in [3.8, 4) is 0 Å². The van der Waals surface area contributed by atoms with Gasteiger partial charge in [-0.05, 0) is 94.8 Å². The van der Waals surface area contributed by atoms with Gasteiger partial charge in [0.05, 0.1) is 5.70 Å². The molecule has 214 valence electrons. The standard InChI is InChI=1S/C42H36N2/c1-31-21-22-32(39-18-10-9-17-38(31)39)23-25-34-27-28-35(26-24-33-29-30-43(2)41-20-12-11-19-40(33)41)42(34)44(36-13-5-3-6-14-36)37-15-7-4-8-16-37/h3-26,29-30H,27-28H2,1-2H3. The van der Waals surface area contributed by atoms with Gasteiger partial charge in [0.15, 0.2) is 0 Å². The number of allylic oxidation sites excluding steroid dienone is 7. The first-order valence-electron chi connectivity index (χ1n) is 15.4. The maximum atomic E-state index is 2.43. The Hall–Kier alpha value is -5.34. The van der Waals surface area contributed by atoms with Crippen molar-refractivity contribution >= 4 is 39.5 Å². The molecule has 1 heterocycles. The number of nitrogens with zero attached hydrogens (tertiary/aromatic N) is 2. The molecule has 2 heteroatoms. The molecule has 2 aliphatic rings. The van der Waals surface area contributed by atoms with Gasteiger partial charge in [-0.15, -0.1) is 0 Å².